The molecule has 0 aromatic carbocycles. The van der Waals surface area contributed by atoms with Crippen molar-refractivity contribution in [3.05, 3.63) is 24.3 Å². The summed E-state index contributed by atoms with van der Waals surface area (Å²) in [4.78, 5) is 35.7. The van der Waals surface area contributed by atoms with Crippen LogP contribution in [0.3, 0.4) is 0 Å². The molecular weight excluding hydrogens is 930 g/mol. The third kappa shape index (κ3) is 59.6. The predicted octanol–water partition coefficient (Wildman–Crippen LogP) is 19.8. The van der Waals surface area contributed by atoms with Gasteiger partial charge in [0.1, 0.15) is 19.8 Å². The molecule has 0 aromatic rings. The van der Waals surface area contributed by atoms with Crippen LogP contribution in [0.4, 0.5) is 0 Å². The average molecular weight is 1050 g/mol. The Labute approximate surface area is 453 Å². The number of hydrogen-bond donors (Lipinski definition) is 1. The van der Waals surface area contributed by atoms with Crippen molar-refractivity contribution in [1.82, 2.24) is 0 Å². The Morgan fingerprint density at radius 1 is 0.425 bits per heavy atom. The molecule has 432 valence electrons. The molecule has 0 fully saturated rings. The van der Waals surface area contributed by atoms with Crippen LogP contribution in [0.2, 0.25) is 0 Å². The van der Waals surface area contributed by atoms with Gasteiger partial charge in [-0.05, 0) is 44.9 Å². The maximum Gasteiger partial charge on any atom is 0.472 e. The second kappa shape index (κ2) is 55.3. The van der Waals surface area contributed by atoms with Crippen molar-refractivity contribution < 1.29 is 42.1 Å². The van der Waals surface area contributed by atoms with E-state index < -0.39 is 26.5 Å². The van der Waals surface area contributed by atoms with E-state index in [2.05, 4.69) is 38.2 Å². The van der Waals surface area contributed by atoms with Crippen LogP contribution in [0, 0.1) is 0 Å². The zero-order valence-electron chi connectivity index (χ0n) is 49.1. The number of quaternary nitrogens is 1. The summed E-state index contributed by atoms with van der Waals surface area (Å²) in [6, 6.07) is 0. The highest BCUT2D eigenvalue weighted by Crippen LogP contribution is 2.43. The second-order valence-electron chi connectivity index (χ2n) is 22.8. The van der Waals surface area contributed by atoms with E-state index in [9.17, 15) is 19.0 Å². The van der Waals surface area contributed by atoms with Crippen LogP contribution >= 0.6 is 7.82 Å². The van der Waals surface area contributed by atoms with Gasteiger partial charge < -0.3 is 18.9 Å². The molecule has 9 nitrogen and oxygen atoms in total. The van der Waals surface area contributed by atoms with Crippen LogP contribution < -0.4 is 0 Å². The molecule has 0 aromatic heterocycles. The lowest BCUT2D eigenvalue weighted by Gasteiger charge is -2.24. The summed E-state index contributed by atoms with van der Waals surface area (Å²) in [5, 5.41) is 0. The number of rotatable bonds is 59. The van der Waals surface area contributed by atoms with Gasteiger partial charge in [-0.1, -0.05) is 282 Å². The summed E-state index contributed by atoms with van der Waals surface area (Å²) in [5.74, 6) is -0.778. The normalized spacial score (nSPS) is 13.3. The molecule has 0 heterocycles. The van der Waals surface area contributed by atoms with E-state index in [1.807, 2.05) is 21.1 Å². The molecule has 73 heavy (non-hydrogen) atoms. The monoisotopic (exact) mass is 1050 g/mol. The number of unbranched alkanes of at least 4 members (excludes halogenated alkanes) is 41. The summed E-state index contributed by atoms with van der Waals surface area (Å²) in [7, 11) is 1.50. The van der Waals surface area contributed by atoms with Gasteiger partial charge in [0, 0.05) is 12.8 Å². The largest absolute Gasteiger partial charge is 0.472 e. The highest BCUT2D eigenvalue weighted by Gasteiger charge is 2.27. The zero-order chi connectivity index (χ0) is 53.5. The molecule has 0 saturated heterocycles. The maximum atomic E-state index is 12.8. The van der Waals surface area contributed by atoms with E-state index in [4.69, 9.17) is 18.5 Å². The number of esters is 2. The van der Waals surface area contributed by atoms with Gasteiger partial charge in [0.15, 0.2) is 6.10 Å². The van der Waals surface area contributed by atoms with Gasteiger partial charge in [-0.2, -0.15) is 0 Å². The van der Waals surface area contributed by atoms with E-state index >= 15 is 0 Å². The SMILES string of the molecule is CCCCCCC/C=C\C/C=C\CCCCCCCCCCCCCCCCCCCCCCCCCC(=O)OC(COC(=O)CCCCCCCCCCCCCCCC)COP(=O)(O)OCC[N+](C)(C)C. The van der Waals surface area contributed by atoms with Crippen molar-refractivity contribution in [2.24, 2.45) is 0 Å². The molecule has 0 aliphatic carbocycles. The number of nitrogens with zero attached hydrogens (tertiary/aromatic N) is 1. The van der Waals surface area contributed by atoms with E-state index in [-0.39, 0.29) is 25.6 Å². The van der Waals surface area contributed by atoms with E-state index in [1.54, 1.807) is 0 Å². The Balaban J connectivity index is 3.93. The Kier molecular flexibility index (Phi) is 54.1. The number of likely N-dealkylation sites (N-methyl/N-ethyl adjacent to an activating group) is 1. The lowest BCUT2D eigenvalue weighted by atomic mass is 10.0. The van der Waals surface area contributed by atoms with Gasteiger partial charge in [0.25, 0.3) is 0 Å². The average Bonchev–Trinajstić information content (AvgIpc) is 3.35. The summed E-state index contributed by atoms with van der Waals surface area (Å²) in [6.07, 6.45) is 67.0. The molecule has 0 spiro atoms. The molecular formula is C63H123NO8P+. The van der Waals surface area contributed by atoms with Crippen LogP contribution in [0.15, 0.2) is 24.3 Å². The van der Waals surface area contributed by atoms with Crippen molar-refractivity contribution in [3.8, 4) is 0 Å². The molecule has 0 radical (unpaired) electrons. The van der Waals surface area contributed by atoms with E-state index in [1.165, 1.54) is 244 Å². The van der Waals surface area contributed by atoms with E-state index in [0.29, 0.717) is 17.4 Å². The van der Waals surface area contributed by atoms with Crippen molar-refractivity contribution in [2.45, 2.75) is 322 Å². The first-order chi connectivity index (χ1) is 35.5. The standard InChI is InChI=1S/C63H122NO8P/c1-6-8-10-12-14-16-18-20-22-23-24-25-26-27-28-29-30-31-32-33-34-35-36-37-38-39-40-41-42-44-46-48-50-52-54-56-63(66)72-61(60-71-73(67,68)70-58-57-64(3,4)5)59-69-62(65)55-53-51-49-47-45-43-21-19-17-15-13-11-9-7-2/h18,20,23-24,61H,6-17,19,21-22,25-60H2,1-5H3/p+1/b20-18-,24-23-. The molecule has 0 saturated carbocycles. The Bertz CT molecular complexity index is 1280. The third-order valence-electron chi connectivity index (χ3n) is 14.2. The molecule has 2 unspecified atom stereocenters. The molecule has 0 bridgehead atoms. The number of carbonyl (C=O) groups is 2. The molecule has 1 N–H and O–H groups in total. The number of ether oxygens (including phenoxy) is 2. The highest BCUT2D eigenvalue weighted by molar-refractivity contribution is 7.47. The number of phosphoric ester groups is 1. The summed E-state index contributed by atoms with van der Waals surface area (Å²) in [5.41, 5.74) is 0. The summed E-state index contributed by atoms with van der Waals surface area (Å²) < 4.78 is 34.6. The van der Waals surface area contributed by atoms with Gasteiger partial charge in [0.2, 0.25) is 0 Å². The quantitative estimate of drug-likeness (QED) is 0.0211. The molecule has 0 aliphatic heterocycles. The van der Waals surface area contributed by atoms with Crippen LogP contribution in [-0.2, 0) is 32.7 Å². The van der Waals surface area contributed by atoms with Gasteiger partial charge in [-0.25, -0.2) is 4.57 Å². The number of hydrogen-bond acceptors (Lipinski definition) is 7. The van der Waals surface area contributed by atoms with Gasteiger partial charge in [0.05, 0.1) is 27.7 Å². The summed E-state index contributed by atoms with van der Waals surface area (Å²) in [6.45, 7) is 4.47. The fourth-order valence-corrected chi connectivity index (χ4v) is 10.1. The van der Waals surface area contributed by atoms with E-state index in [0.717, 1.165) is 44.9 Å². The minimum absolute atomic E-state index is 0.0358. The minimum Gasteiger partial charge on any atom is -0.462 e. The Morgan fingerprint density at radius 3 is 1.08 bits per heavy atom. The predicted molar refractivity (Wildman–Crippen MR) is 312 cm³/mol. The maximum absolute atomic E-state index is 12.8. The first-order valence-electron chi connectivity index (χ1n) is 31.6. The lowest BCUT2D eigenvalue weighted by molar-refractivity contribution is -0.870. The van der Waals surface area contributed by atoms with Crippen LogP contribution in [0.5, 0.6) is 0 Å². The van der Waals surface area contributed by atoms with Crippen LogP contribution in [0.1, 0.15) is 316 Å². The summed E-state index contributed by atoms with van der Waals surface area (Å²) >= 11 is 0. The fourth-order valence-electron chi connectivity index (χ4n) is 9.34. The number of carbonyl (C=O) groups excluding carboxylic acids is 2. The molecule has 2 atom stereocenters. The topological polar surface area (TPSA) is 108 Å². The first-order valence-corrected chi connectivity index (χ1v) is 33.1. The van der Waals surface area contributed by atoms with Crippen molar-refractivity contribution >= 4 is 19.8 Å². The molecule has 10 heteroatoms. The highest BCUT2D eigenvalue weighted by atomic mass is 31.2. The molecule has 0 aliphatic rings. The Hall–Kier alpha value is -1.51. The van der Waals surface area contributed by atoms with Crippen LogP contribution in [0.25, 0.3) is 0 Å². The van der Waals surface area contributed by atoms with Crippen molar-refractivity contribution in [2.75, 3.05) is 47.5 Å². The van der Waals surface area contributed by atoms with Crippen molar-refractivity contribution in [3.63, 3.8) is 0 Å². The van der Waals surface area contributed by atoms with Gasteiger partial charge in [-0.3, -0.25) is 18.6 Å². The van der Waals surface area contributed by atoms with Crippen LogP contribution in [-0.4, -0.2) is 74.9 Å². The first kappa shape index (κ1) is 71.5. The zero-order valence-corrected chi connectivity index (χ0v) is 50.0. The molecule has 0 amide bonds. The smallest absolute Gasteiger partial charge is 0.462 e. The number of allylic oxidation sites excluding steroid dienone is 4. The second-order valence-corrected chi connectivity index (χ2v) is 24.3. The fraction of sp³-hybridized carbons (Fsp3) is 0.905. The molecule has 0 rings (SSSR count). The lowest BCUT2D eigenvalue weighted by Crippen LogP contribution is -2.37. The van der Waals surface area contributed by atoms with Crippen molar-refractivity contribution in [1.29, 1.82) is 0 Å². The number of phosphoric acid groups is 1. The van der Waals surface area contributed by atoms with Gasteiger partial charge in [-0.15, -0.1) is 0 Å². The Morgan fingerprint density at radius 2 is 0.740 bits per heavy atom. The third-order valence-corrected chi connectivity index (χ3v) is 15.2. The van der Waals surface area contributed by atoms with Gasteiger partial charge >= 0.3 is 19.8 Å². The minimum atomic E-state index is -4.38.